The monoisotopic (exact) mass is 446 g/mol. The van der Waals surface area contributed by atoms with Crippen molar-refractivity contribution in [3.05, 3.63) is 0 Å². The van der Waals surface area contributed by atoms with E-state index in [1.54, 1.807) is 12.8 Å². The Morgan fingerprint density at radius 3 is 1.53 bits per heavy atom. The lowest BCUT2D eigenvalue weighted by Crippen LogP contribution is -2.38. The Morgan fingerprint density at radius 1 is 0.562 bits per heavy atom. The van der Waals surface area contributed by atoms with Crippen LogP contribution in [0.15, 0.2) is 0 Å². The van der Waals surface area contributed by atoms with E-state index in [9.17, 15) is 4.39 Å². The molecule has 0 saturated heterocycles. The fourth-order valence-electron chi connectivity index (χ4n) is 9.06. The van der Waals surface area contributed by atoms with E-state index in [0.717, 1.165) is 41.9 Å². The van der Waals surface area contributed by atoms with E-state index in [2.05, 4.69) is 20.8 Å². The van der Waals surface area contributed by atoms with Crippen molar-refractivity contribution in [3.8, 4) is 0 Å². The lowest BCUT2D eigenvalue weighted by molar-refractivity contribution is 0.0187. The molecular weight excluding hydrogens is 391 g/mol. The van der Waals surface area contributed by atoms with Crippen LogP contribution in [0.1, 0.15) is 136 Å². The average molecular weight is 447 g/mol. The first kappa shape index (κ1) is 25.0. The van der Waals surface area contributed by atoms with Crippen LogP contribution in [0.25, 0.3) is 0 Å². The number of halogens is 1. The van der Waals surface area contributed by atoms with Crippen LogP contribution in [-0.4, -0.2) is 6.17 Å². The third-order valence-electron chi connectivity index (χ3n) is 11.4. The van der Waals surface area contributed by atoms with Crippen molar-refractivity contribution >= 4 is 0 Å². The van der Waals surface area contributed by atoms with E-state index < -0.39 is 6.17 Å². The summed E-state index contributed by atoms with van der Waals surface area (Å²) in [6.45, 7) is 6.68. The molecule has 4 rings (SSSR count). The van der Waals surface area contributed by atoms with Gasteiger partial charge in [0.2, 0.25) is 0 Å². The van der Waals surface area contributed by atoms with Gasteiger partial charge in [0.1, 0.15) is 6.17 Å². The quantitative estimate of drug-likeness (QED) is 0.341. The first-order valence-corrected chi connectivity index (χ1v) is 15.2. The highest BCUT2D eigenvalue weighted by Gasteiger charge is 2.41. The average Bonchev–Trinajstić information content (AvgIpc) is 2.84. The lowest BCUT2D eigenvalue weighted by atomic mass is 9.61. The second-order valence-electron chi connectivity index (χ2n) is 13.1. The molecule has 0 heterocycles. The molecule has 4 atom stereocenters. The molecule has 4 aliphatic rings. The zero-order valence-electron chi connectivity index (χ0n) is 21.9. The first-order valence-electron chi connectivity index (χ1n) is 15.2. The van der Waals surface area contributed by atoms with Gasteiger partial charge in [-0.25, -0.2) is 4.39 Å². The summed E-state index contributed by atoms with van der Waals surface area (Å²) in [7, 11) is 0. The molecule has 0 aliphatic heterocycles. The van der Waals surface area contributed by atoms with Gasteiger partial charge in [-0.2, -0.15) is 0 Å². The van der Waals surface area contributed by atoms with Crippen molar-refractivity contribution in [1.29, 1.82) is 0 Å². The molecule has 0 nitrogen and oxygen atoms in total. The van der Waals surface area contributed by atoms with Crippen molar-refractivity contribution in [1.82, 2.24) is 0 Å². The maximum atomic E-state index is 14.6. The molecular formula is C31H55F. The molecule has 4 unspecified atom stereocenters. The Kier molecular flexibility index (Phi) is 9.44. The van der Waals surface area contributed by atoms with Gasteiger partial charge in [-0.1, -0.05) is 59.3 Å². The molecule has 0 N–H and O–H groups in total. The molecule has 4 aliphatic carbocycles. The predicted molar refractivity (Wildman–Crippen MR) is 136 cm³/mol. The standard InChI is InChI=1S/C31H55F/c1-4-5-6-7-24-9-11-25(12-10-24)26-13-15-27(16-14-26)28-17-19-29(20-18-28)30-21-8-22(2)31(32)23(30)3/h22-31H,4-21H2,1-3H3. The highest BCUT2D eigenvalue weighted by Crippen LogP contribution is 2.49. The summed E-state index contributed by atoms with van der Waals surface area (Å²) >= 11 is 0. The summed E-state index contributed by atoms with van der Waals surface area (Å²) in [5.74, 6) is 7.32. The fourth-order valence-corrected chi connectivity index (χ4v) is 9.06. The molecule has 0 aromatic heterocycles. The van der Waals surface area contributed by atoms with Gasteiger partial charge in [-0.3, -0.25) is 0 Å². The second kappa shape index (κ2) is 12.1. The summed E-state index contributed by atoms with van der Waals surface area (Å²) in [6.07, 6.45) is 25.7. The summed E-state index contributed by atoms with van der Waals surface area (Å²) in [5.41, 5.74) is 0. The SMILES string of the molecule is CCCCCC1CCC(C2CCC(C3CCC(C4CCC(C)C(F)C4C)CC3)CC2)CC1. The smallest absolute Gasteiger partial charge is 0.105 e. The number of alkyl halides is 1. The Morgan fingerprint density at radius 2 is 1.03 bits per heavy atom. The third-order valence-corrected chi connectivity index (χ3v) is 11.4. The molecule has 1 heteroatoms. The minimum absolute atomic E-state index is 0.295. The summed E-state index contributed by atoms with van der Waals surface area (Å²) in [4.78, 5) is 0. The first-order chi connectivity index (χ1) is 15.6. The van der Waals surface area contributed by atoms with E-state index >= 15 is 0 Å². The van der Waals surface area contributed by atoms with Crippen molar-refractivity contribution in [2.45, 2.75) is 143 Å². The predicted octanol–water partition coefficient (Wildman–Crippen LogP) is 10.0. The van der Waals surface area contributed by atoms with Crippen LogP contribution in [0.3, 0.4) is 0 Å². The van der Waals surface area contributed by atoms with Crippen LogP contribution in [-0.2, 0) is 0 Å². The topological polar surface area (TPSA) is 0 Å². The van der Waals surface area contributed by atoms with Crippen LogP contribution < -0.4 is 0 Å². The molecule has 186 valence electrons. The van der Waals surface area contributed by atoms with Crippen molar-refractivity contribution in [2.24, 2.45) is 53.3 Å². The molecule has 0 amide bonds. The maximum absolute atomic E-state index is 14.6. The molecule has 0 aromatic rings. The van der Waals surface area contributed by atoms with E-state index in [1.807, 2.05) is 0 Å². The van der Waals surface area contributed by atoms with Gasteiger partial charge >= 0.3 is 0 Å². The van der Waals surface area contributed by atoms with Crippen LogP contribution in [0.5, 0.6) is 0 Å². The van der Waals surface area contributed by atoms with Gasteiger partial charge < -0.3 is 0 Å². The van der Waals surface area contributed by atoms with E-state index in [4.69, 9.17) is 0 Å². The van der Waals surface area contributed by atoms with E-state index in [-0.39, 0.29) is 0 Å². The van der Waals surface area contributed by atoms with Crippen LogP contribution in [0, 0.1) is 53.3 Å². The van der Waals surface area contributed by atoms with Crippen LogP contribution >= 0.6 is 0 Å². The Balaban J connectivity index is 1.15. The second-order valence-corrected chi connectivity index (χ2v) is 13.1. The zero-order valence-corrected chi connectivity index (χ0v) is 21.9. The van der Waals surface area contributed by atoms with Crippen molar-refractivity contribution < 1.29 is 4.39 Å². The van der Waals surface area contributed by atoms with Gasteiger partial charge in [-0.05, 0) is 130 Å². The summed E-state index contributed by atoms with van der Waals surface area (Å²) < 4.78 is 14.6. The molecule has 4 fully saturated rings. The van der Waals surface area contributed by atoms with Crippen LogP contribution in [0.4, 0.5) is 4.39 Å². The Labute approximate surface area is 200 Å². The van der Waals surface area contributed by atoms with Gasteiger partial charge in [0.25, 0.3) is 0 Å². The molecule has 0 radical (unpaired) electrons. The number of rotatable bonds is 7. The summed E-state index contributed by atoms with van der Waals surface area (Å²) in [5, 5.41) is 0. The highest BCUT2D eigenvalue weighted by atomic mass is 19.1. The van der Waals surface area contributed by atoms with Gasteiger partial charge in [0.05, 0.1) is 0 Å². The van der Waals surface area contributed by atoms with Gasteiger partial charge in [-0.15, -0.1) is 0 Å². The highest BCUT2D eigenvalue weighted by molar-refractivity contribution is 4.91. The summed E-state index contributed by atoms with van der Waals surface area (Å²) in [6, 6.07) is 0. The fraction of sp³-hybridized carbons (Fsp3) is 1.00. The zero-order chi connectivity index (χ0) is 22.5. The molecule has 4 saturated carbocycles. The number of hydrogen-bond acceptors (Lipinski definition) is 0. The molecule has 0 spiro atoms. The third kappa shape index (κ3) is 6.13. The van der Waals surface area contributed by atoms with Crippen molar-refractivity contribution in [3.63, 3.8) is 0 Å². The Hall–Kier alpha value is -0.0700. The van der Waals surface area contributed by atoms with Gasteiger partial charge in [0, 0.05) is 0 Å². The van der Waals surface area contributed by atoms with Crippen molar-refractivity contribution in [2.75, 3.05) is 0 Å². The molecule has 32 heavy (non-hydrogen) atoms. The van der Waals surface area contributed by atoms with Crippen LogP contribution in [0.2, 0.25) is 0 Å². The lowest BCUT2D eigenvalue weighted by Gasteiger charge is -2.45. The minimum atomic E-state index is -0.548. The Bertz CT molecular complexity index is 519. The normalized spacial score (nSPS) is 46.1. The van der Waals surface area contributed by atoms with E-state index in [1.165, 1.54) is 96.3 Å². The molecule has 0 bridgehead atoms. The largest absolute Gasteiger partial charge is 0.247 e. The number of hydrogen-bond donors (Lipinski definition) is 0. The van der Waals surface area contributed by atoms with E-state index in [0.29, 0.717) is 17.8 Å². The van der Waals surface area contributed by atoms with Gasteiger partial charge in [0.15, 0.2) is 0 Å². The molecule has 0 aromatic carbocycles. The maximum Gasteiger partial charge on any atom is 0.105 e. The number of unbranched alkanes of at least 4 members (excludes halogenated alkanes) is 2. The minimum Gasteiger partial charge on any atom is -0.247 e.